The summed E-state index contributed by atoms with van der Waals surface area (Å²) in [6.45, 7) is 1.98. The zero-order valence-electron chi connectivity index (χ0n) is 18.5. The number of carbonyl (C=O) groups is 1. The van der Waals surface area contributed by atoms with E-state index < -0.39 is 11.6 Å². The van der Waals surface area contributed by atoms with Crippen LogP contribution in [0.2, 0.25) is 0 Å². The van der Waals surface area contributed by atoms with E-state index in [2.05, 4.69) is 35.9 Å². The van der Waals surface area contributed by atoms with Crippen molar-refractivity contribution < 1.29 is 9.90 Å². The molecule has 12 nitrogen and oxygen atoms in total. The lowest BCUT2D eigenvalue weighted by molar-refractivity contribution is -0.120. The first kappa shape index (κ1) is 20.5. The van der Waals surface area contributed by atoms with E-state index in [4.69, 9.17) is 4.98 Å². The van der Waals surface area contributed by atoms with Crippen LogP contribution in [0.5, 0.6) is 0 Å². The zero-order valence-corrected chi connectivity index (χ0v) is 18.5. The van der Waals surface area contributed by atoms with Crippen molar-refractivity contribution in [3.05, 3.63) is 48.7 Å². The molecule has 0 radical (unpaired) electrons. The first-order valence-corrected chi connectivity index (χ1v) is 11.2. The molecular weight excluding hydrogens is 436 g/mol. The first-order valence-electron chi connectivity index (χ1n) is 11.2. The fourth-order valence-corrected chi connectivity index (χ4v) is 4.43. The topological polar surface area (TPSA) is 149 Å². The minimum atomic E-state index is -1.10. The Kier molecular flexibility index (Phi) is 4.69. The molecule has 0 unspecified atom stereocenters. The maximum Gasteiger partial charge on any atom is 0.251 e. The van der Waals surface area contributed by atoms with Crippen LogP contribution >= 0.6 is 0 Å². The Bertz CT molecular complexity index is 1350. The summed E-state index contributed by atoms with van der Waals surface area (Å²) in [7, 11) is 0. The van der Waals surface area contributed by atoms with Crippen LogP contribution in [0, 0.1) is 0 Å². The molecule has 1 saturated heterocycles. The molecule has 1 amide bonds. The Morgan fingerprint density at radius 1 is 1.29 bits per heavy atom. The predicted molar refractivity (Wildman–Crippen MR) is 124 cm³/mol. The van der Waals surface area contributed by atoms with Crippen molar-refractivity contribution in [2.45, 2.75) is 43.7 Å². The number of aromatic nitrogens is 7. The van der Waals surface area contributed by atoms with Gasteiger partial charge in [-0.15, -0.1) is 5.10 Å². The molecule has 6 rings (SSSR count). The van der Waals surface area contributed by atoms with Crippen molar-refractivity contribution in [3.63, 3.8) is 0 Å². The highest BCUT2D eigenvalue weighted by Crippen LogP contribution is 2.40. The van der Waals surface area contributed by atoms with Crippen LogP contribution in [-0.2, 0) is 4.79 Å². The number of aliphatic hydroxyl groups excluding tert-OH is 1. The first-order chi connectivity index (χ1) is 16.5. The summed E-state index contributed by atoms with van der Waals surface area (Å²) < 4.78 is 1.70. The Morgan fingerprint density at radius 3 is 2.97 bits per heavy atom. The number of β-amino-alcohol motifs (C(OH)–C–C–N with tert-alkyl or cyclic N) is 1. The number of rotatable bonds is 6. The van der Waals surface area contributed by atoms with Crippen LogP contribution in [0.3, 0.4) is 0 Å². The number of amides is 1. The summed E-state index contributed by atoms with van der Waals surface area (Å²) in [6.07, 6.45) is 8.18. The third kappa shape index (κ3) is 3.61. The molecule has 34 heavy (non-hydrogen) atoms. The van der Waals surface area contributed by atoms with Crippen LogP contribution in [0.15, 0.2) is 43.0 Å². The second-order valence-corrected chi connectivity index (χ2v) is 8.99. The summed E-state index contributed by atoms with van der Waals surface area (Å²) in [5, 5.41) is 28.7. The molecule has 0 spiro atoms. The molecule has 5 heterocycles. The van der Waals surface area contributed by atoms with Gasteiger partial charge in [0.15, 0.2) is 17.5 Å². The Morgan fingerprint density at radius 2 is 2.18 bits per heavy atom. The number of hydrogen-bond donors (Lipinski definition) is 4. The standard InChI is InChI=1S/C22H24N10O2/c1-22(20(34)26-18-11-23-6-7-24-18)10-14(33)12-31(22)21-27-19(16-3-2-8-32(16)30-21)25-17-9-15(28-29-17)13-4-5-13/h2-3,6-9,11,13-14,33H,4-5,10,12H2,1H3,(H,24,26,34)(H2,25,27,28,29,30)/t14-,22-/m0/s1. The van der Waals surface area contributed by atoms with E-state index in [1.165, 1.54) is 31.4 Å². The molecule has 0 bridgehead atoms. The average Bonchev–Trinajstić information content (AvgIpc) is 3.23. The number of nitrogens with zero attached hydrogens (tertiary/aromatic N) is 7. The SMILES string of the molecule is C[C@@]1(C(=O)Nc2cnccn2)C[C@H](O)CN1c1nc(Nc2cc(C3CC3)[nH]n2)c2cccn2n1. The molecule has 4 aromatic rings. The van der Waals surface area contributed by atoms with Gasteiger partial charge in [0.1, 0.15) is 11.1 Å². The van der Waals surface area contributed by atoms with Gasteiger partial charge in [0.25, 0.3) is 5.91 Å². The van der Waals surface area contributed by atoms with E-state index in [9.17, 15) is 9.90 Å². The molecule has 12 heteroatoms. The van der Waals surface area contributed by atoms with Gasteiger partial charge < -0.3 is 20.6 Å². The quantitative estimate of drug-likeness (QED) is 0.338. The van der Waals surface area contributed by atoms with Crippen LogP contribution in [0.4, 0.5) is 23.4 Å². The average molecular weight is 461 g/mol. The van der Waals surface area contributed by atoms with Crippen molar-refractivity contribution in [1.82, 2.24) is 34.8 Å². The van der Waals surface area contributed by atoms with E-state index in [1.807, 2.05) is 24.4 Å². The molecule has 1 aliphatic heterocycles. The van der Waals surface area contributed by atoms with E-state index in [0.717, 1.165) is 11.2 Å². The van der Waals surface area contributed by atoms with Crippen LogP contribution < -0.4 is 15.5 Å². The lowest BCUT2D eigenvalue weighted by Crippen LogP contribution is -2.52. The molecule has 2 atom stereocenters. The van der Waals surface area contributed by atoms with Gasteiger partial charge in [0.2, 0.25) is 5.95 Å². The van der Waals surface area contributed by atoms with Gasteiger partial charge in [-0.3, -0.25) is 14.9 Å². The number of aliphatic hydroxyl groups is 1. The number of anilines is 4. The Hall–Kier alpha value is -4.06. The summed E-state index contributed by atoms with van der Waals surface area (Å²) >= 11 is 0. The van der Waals surface area contributed by atoms with E-state index in [1.54, 1.807) is 16.3 Å². The summed E-state index contributed by atoms with van der Waals surface area (Å²) in [5.74, 6) is 2.11. The highest BCUT2D eigenvalue weighted by Gasteiger charge is 2.49. The molecule has 1 saturated carbocycles. The molecule has 1 aliphatic carbocycles. The smallest absolute Gasteiger partial charge is 0.251 e. The van der Waals surface area contributed by atoms with E-state index >= 15 is 0 Å². The maximum atomic E-state index is 13.3. The Labute approximate surface area is 194 Å². The fourth-order valence-electron chi connectivity index (χ4n) is 4.43. The van der Waals surface area contributed by atoms with Crippen molar-refractivity contribution in [2.24, 2.45) is 0 Å². The van der Waals surface area contributed by atoms with Gasteiger partial charge in [0, 0.05) is 49.2 Å². The Balaban J connectivity index is 1.34. The molecule has 2 fully saturated rings. The maximum absolute atomic E-state index is 13.3. The third-order valence-corrected chi connectivity index (χ3v) is 6.40. The molecule has 4 aromatic heterocycles. The van der Waals surface area contributed by atoms with Crippen molar-refractivity contribution in [2.75, 3.05) is 22.1 Å². The van der Waals surface area contributed by atoms with Gasteiger partial charge in [0.05, 0.1) is 12.3 Å². The van der Waals surface area contributed by atoms with Gasteiger partial charge >= 0.3 is 0 Å². The van der Waals surface area contributed by atoms with Gasteiger partial charge in [-0.25, -0.2) is 9.50 Å². The van der Waals surface area contributed by atoms with Crippen LogP contribution in [0.1, 0.15) is 37.8 Å². The number of carbonyl (C=O) groups excluding carboxylic acids is 1. The number of H-pyrrole nitrogens is 1. The lowest BCUT2D eigenvalue weighted by Gasteiger charge is -2.33. The number of hydrogen-bond acceptors (Lipinski definition) is 9. The minimum Gasteiger partial charge on any atom is -0.391 e. The molecule has 174 valence electrons. The lowest BCUT2D eigenvalue weighted by atomic mass is 9.97. The number of aromatic amines is 1. The summed E-state index contributed by atoms with van der Waals surface area (Å²) in [6, 6.07) is 5.77. The van der Waals surface area contributed by atoms with Crippen LogP contribution in [-0.4, -0.2) is 64.0 Å². The van der Waals surface area contributed by atoms with Crippen LogP contribution in [0.25, 0.3) is 5.52 Å². The van der Waals surface area contributed by atoms with E-state index in [0.29, 0.717) is 29.3 Å². The highest BCUT2D eigenvalue weighted by atomic mass is 16.3. The molecule has 4 N–H and O–H groups in total. The second-order valence-electron chi connectivity index (χ2n) is 8.99. The second kappa shape index (κ2) is 7.76. The van der Waals surface area contributed by atoms with Gasteiger partial charge in [-0.1, -0.05) is 0 Å². The van der Waals surface area contributed by atoms with Crippen molar-refractivity contribution >= 4 is 34.8 Å². The molecular formula is C22H24N10O2. The summed E-state index contributed by atoms with van der Waals surface area (Å²) in [5.41, 5.74) is 0.782. The number of fused-ring (bicyclic) bond motifs is 1. The molecule has 0 aromatic carbocycles. The van der Waals surface area contributed by atoms with Crippen molar-refractivity contribution in [1.29, 1.82) is 0 Å². The highest BCUT2D eigenvalue weighted by molar-refractivity contribution is 5.99. The number of nitrogens with one attached hydrogen (secondary N) is 3. The summed E-state index contributed by atoms with van der Waals surface area (Å²) in [4.78, 5) is 27.9. The van der Waals surface area contributed by atoms with E-state index in [-0.39, 0.29) is 18.9 Å². The van der Waals surface area contributed by atoms with Crippen molar-refractivity contribution in [3.8, 4) is 0 Å². The van der Waals surface area contributed by atoms with Gasteiger partial charge in [-0.05, 0) is 31.9 Å². The van der Waals surface area contributed by atoms with Gasteiger partial charge in [-0.2, -0.15) is 10.1 Å². The fraction of sp³-hybridized carbons (Fsp3) is 0.364. The zero-order chi connectivity index (χ0) is 23.3. The third-order valence-electron chi connectivity index (χ3n) is 6.40. The minimum absolute atomic E-state index is 0.213. The molecule has 2 aliphatic rings. The largest absolute Gasteiger partial charge is 0.391 e. The monoisotopic (exact) mass is 460 g/mol. The predicted octanol–water partition coefficient (Wildman–Crippen LogP) is 1.83. The normalized spacial score (nSPS) is 22.3.